The lowest BCUT2D eigenvalue weighted by Crippen LogP contribution is -2.50. The largest absolute Gasteiger partial charge is 0.339 e. The molecule has 3 aromatic rings. The van der Waals surface area contributed by atoms with Gasteiger partial charge in [-0.25, -0.2) is 8.42 Å². The summed E-state index contributed by atoms with van der Waals surface area (Å²) in [7, 11) is -3.54. The van der Waals surface area contributed by atoms with Crippen molar-refractivity contribution in [1.29, 1.82) is 0 Å². The van der Waals surface area contributed by atoms with Crippen LogP contribution in [0.3, 0.4) is 0 Å². The van der Waals surface area contributed by atoms with Crippen LogP contribution in [-0.2, 0) is 21.4 Å². The van der Waals surface area contributed by atoms with Gasteiger partial charge in [0.25, 0.3) is 0 Å². The predicted molar refractivity (Wildman–Crippen MR) is 126 cm³/mol. The molecule has 0 aliphatic carbocycles. The summed E-state index contributed by atoms with van der Waals surface area (Å²) in [4.78, 5) is 18.9. The van der Waals surface area contributed by atoms with E-state index in [4.69, 9.17) is 0 Å². The molecular weight excluding hydrogens is 460 g/mol. The number of rotatable bonds is 8. The molecule has 0 unspecified atom stereocenters. The summed E-state index contributed by atoms with van der Waals surface area (Å²) in [6.45, 7) is 4.14. The standard InChI is InChI=1S/C22H26N6O3S2/c1-2-12-28-21(18-8-10-23-11-9-18)24-25-22(28)32-17-20(29)26-13-15-27(16-14-26)33(30,31)19-6-4-3-5-7-19/h3-11H,2,12-17H2,1H3. The second kappa shape index (κ2) is 10.4. The zero-order valence-corrected chi connectivity index (χ0v) is 20.0. The normalized spacial score (nSPS) is 15.0. The number of piperazine rings is 1. The van der Waals surface area contributed by atoms with Gasteiger partial charge in [-0.05, 0) is 30.7 Å². The smallest absolute Gasteiger partial charge is 0.243 e. The quantitative estimate of drug-likeness (QED) is 0.451. The van der Waals surface area contributed by atoms with Crippen molar-refractivity contribution in [2.24, 2.45) is 0 Å². The van der Waals surface area contributed by atoms with Gasteiger partial charge in [-0.1, -0.05) is 36.9 Å². The van der Waals surface area contributed by atoms with Crippen molar-refractivity contribution in [3.8, 4) is 11.4 Å². The molecule has 1 fully saturated rings. The van der Waals surface area contributed by atoms with Gasteiger partial charge < -0.3 is 9.47 Å². The third-order valence-electron chi connectivity index (χ3n) is 5.40. The molecule has 174 valence electrons. The van der Waals surface area contributed by atoms with Crippen molar-refractivity contribution >= 4 is 27.7 Å². The number of sulfonamides is 1. The van der Waals surface area contributed by atoms with Gasteiger partial charge in [-0.15, -0.1) is 10.2 Å². The van der Waals surface area contributed by atoms with E-state index in [1.165, 1.54) is 16.1 Å². The van der Waals surface area contributed by atoms with E-state index in [0.29, 0.717) is 18.2 Å². The maximum absolute atomic E-state index is 12.8. The molecule has 0 radical (unpaired) electrons. The van der Waals surface area contributed by atoms with Crippen LogP contribution in [0, 0.1) is 0 Å². The van der Waals surface area contributed by atoms with Crippen molar-refractivity contribution < 1.29 is 13.2 Å². The Labute approximate surface area is 197 Å². The molecule has 9 nitrogen and oxygen atoms in total. The van der Waals surface area contributed by atoms with Gasteiger partial charge in [-0.2, -0.15) is 4.31 Å². The molecule has 0 atom stereocenters. The van der Waals surface area contributed by atoms with Gasteiger partial charge in [0.2, 0.25) is 15.9 Å². The van der Waals surface area contributed by atoms with E-state index >= 15 is 0 Å². The second-order valence-electron chi connectivity index (χ2n) is 7.58. The van der Waals surface area contributed by atoms with Crippen LogP contribution in [0.15, 0.2) is 64.9 Å². The summed E-state index contributed by atoms with van der Waals surface area (Å²) < 4.78 is 29.0. The van der Waals surface area contributed by atoms with Gasteiger partial charge in [0.15, 0.2) is 11.0 Å². The average Bonchev–Trinajstić information content (AvgIpc) is 3.26. The number of thioether (sulfide) groups is 1. The summed E-state index contributed by atoms with van der Waals surface area (Å²) >= 11 is 1.36. The van der Waals surface area contributed by atoms with Crippen LogP contribution in [0.1, 0.15) is 13.3 Å². The third kappa shape index (κ3) is 5.26. The minimum atomic E-state index is -3.54. The monoisotopic (exact) mass is 486 g/mol. The number of nitrogens with zero attached hydrogens (tertiary/aromatic N) is 6. The summed E-state index contributed by atoms with van der Waals surface area (Å²) in [5.74, 6) is 0.950. The zero-order chi connectivity index (χ0) is 23.3. The number of aromatic nitrogens is 4. The molecule has 1 aliphatic rings. The van der Waals surface area contributed by atoms with Crippen LogP contribution in [0.25, 0.3) is 11.4 Å². The molecule has 1 saturated heterocycles. The van der Waals surface area contributed by atoms with Gasteiger partial charge in [0.1, 0.15) is 0 Å². The minimum absolute atomic E-state index is 0.0340. The van der Waals surface area contributed by atoms with Crippen LogP contribution in [0.5, 0.6) is 0 Å². The molecule has 2 aromatic heterocycles. The second-order valence-corrected chi connectivity index (χ2v) is 10.5. The van der Waals surface area contributed by atoms with Crippen molar-refractivity contribution in [1.82, 2.24) is 29.0 Å². The SMILES string of the molecule is CCCn1c(SCC(=O)N2CCN(S(=O)(=O)c3ccccc3)CC2)nnc1-c1ccncc1. The molecular formula is C22H26N6O3S2. The molecule has 0 saturated carbocycles. The lowest BCUT2D eigenvalue weighted by Gasteiger charge is -2.34. The Morgan fingerprint density at radius 1 is 1.00 bits per heavy atom. The highest BCUT2D eigenvalue weighted by Gasteiger charge is 2.30. The summed E-state index contributed by atoms with van der Waals surface area (Å²) in [5, 5.41) is 9.33. The summed E-state index contributed by atoms with van der Waals surface area (Å²) in [6, 6.07) is 12.2. The number of carbonyl (C=O) groups is 1. The van der Waals surface area contributed by atoms with Crippen LogP contribution < -0.4 is 0 Å². The van der Waals surface area contributed by atoms with E-state index in [9.17, 15) is 13.2 Å². The van der Waals surface area contributed by atoms with Crippen molar-refractivity contribution in [3.05, 3.63) is 54.9 Å². The van der Waals surface area contributed by atoms with E-state index in [1.807, 2.05) is 16.7 Å². The topological polar surface area (TPSA) is 101 Å². The predicted octanol–water partition coefficient (Wildman–Crippen LogP) is 2.38. The highest BCUT2D eigenvalue weighted by atomic mass is 32.2. The zero-order valence-electron chi connectivity index (χ0n) is 18.4. The Hall–Kier alpha value is -2.76. The molecule has 1 aliphatic heterocycles. The highest BCUT2D eigenvalue weighted by molar-refractivity contribution is 7.99. The maximum Gasteiger partial charge on any atom is 0.243 e. The fourth-order valence-corrected chi connectivity index (χ4v) is 5.98. The van der Waals surface area contributed by atoms with Crippen LogP contribution in [0.4, 0.5) is 0 Å². The Kier molecular flexibility index (Phi) is 7.41. The first-order chi connectivity index (χ1) is 16.0. The first-order valence-corrected chi connectivity index (χ1v) is 13.2. The molecule has 1 aromatic carbocycles. The van der Waals surface area contributed by atoms with E-state index in [1.54, 1.807) is 47.6 Å². The summed E-state index contributed by atoms with van der Waals surface area (Å²) in [6.07, 6.45) is 4.35. The third-order valence-corrected chi connectivity index (χ3v) is 8.26. The molecule has 3 heterocycles. The average molecular weight is 487 g/mol. The first-order valence-electron chi connectivity index (χ1n) is 10.8. The number of amides is 1. The van der Waals surface area contributed by atoms with Gasteiger partial charge >= 0.3 is 0 Å². The van der Waals surface area contributed by atoms with Gasteiger partial charge in [-0.3, -0.25) is 9.78 Å². The first kappa shape index (κ1) is 23.4. The lowest BCUT2D eigenvalue weighted by atomic mass is 10.2. The lowest BCUT2D eigenvalue weighted by molar-refractivity contribution is -0.129. The van der Waals surface area contributed by atoms with Crippen molar-refractivity contribution in [3.63, 3.8) is 0 Å². The Balaban J connectivity index is 1.36. The van der Waals surface area contributed by atoms with E-state index < -0.39 is 10.0 Å². The highest BCUT2D eigenvalue weighted by Crippen LogP contribution is 2.25. The fourth-order valence-electron chi connectivity index (χ4n) is 3.67. The van der Waals surface area contributed by atoms with E-state index in [-0.39, 0.29) is 29.6 Å². The van der Waals surface area contributed by atoms with E-state index in [0.717, 1.165) is 24.4 Å². The van der Waals surface area contributed by atoms with E-state index in [2.05, 4.69) is 22.1 Å². The van der Waals surface area contributed by atoms with Gasteiger partial charge in [0.05, 0.1) is 10.6 Å². The molecule has 0 N–H and O–H groups in total. The molecule has 33 heavy (non-hydrogen) atoms. The molecule has 11 heteroatoms. The Bertz CT molecular complexity index is 1180. The summed E-state index contributed by atoms with van der Waals surface area (Å²) in [5.41, 5.74) is 0.930. The molecule has 1 amide bonds. The van der Waals surface area contributed by atoms with Crippen LogP contribution in [-0.4, -0.2) is 75.2 Å². The number of pyridine rings is 1. The Morgan fingerprint density at radius 3 is 2.36 bits per heavy atom. The van der Waals surface area contributed by atoms with Gasteiger partial charge in [0, 0.05) is 50.7 Å². The maximum atomic E-state index is 12.8. The van der Waals surface area contributed by atoms with Crippen LogP contribution in [0.2, 0.25) is 0 Å². The van der Waals surface area contributed by atoms with Crippen LogP contribution >= 0.6 is 11.8 Å². The molecule has 0 spiro atoms. The number of carbonyl (C=O) groups excluding carboxylic acids is 1. The molecule has 4 rings (SSSR count). The van der Waals surface area contributed by atoms with Crippen molar-refractivity contribution in [2.75, 3.05) is 31.9 Å². The number of hydrogen-bond acceptors (Lipinski definition) is 7. The Morgan fingerprint density at radius 2 is 1.70 bits per heavy atom. The number of benzene rings is 1. The molecule has 0 bridgehead atoms. The van der Waals surface area contributed by atoms with Crippen molar-refractivity contribution in [2.45, 2.75) is 29.9 Å². The minimum Gasteiger partial charge on any atom is -0.339 e. The number of hydrogen-bond donors (Lipinski definition) is 0. The fraction of sp³-hybridized carbons (Fsp3) is 0.364.